The highest BCUT2D eigenvalue weighted by Gasteiger charge is 2.38. The topological polar surface area (TPSA) is 128 Å². The molecule has 0 aromatic carbocycles. The second-order valence-corrected chi connectivity index (χ2v) is 3.60. The average molecular weight is 289 g/mol. The van der Waals surface area contributed by atoms with Gasteiger partial charge in [-0.3, -0.25) is 0 Å². The molecule has 7 nitrogen and oxygen atoms in total. The number of nitrogen functional groups attached to an aromatic ring is 2. The lowest BCUT2D eigenvalue weighted by Crippen LogP contribution is -2.21. The maximum atomic E-state index is 10.6. The van der Waals surface area contributed by atoms with Gasteiger partial charge in [-0.25, -0.2) is 9.78 Å². The number of hydrogen-bond donors (Lipinski definition) is 3. The Labute approximate surface area is 110 Å². The summed E-state index contributed by atoms with van der Waals surface area (Å²) in [5.74, 6) is -2.22. The lowest BCUT2D eigenvalue weighted by atomic mass is 10.2. The molecule has 0 atom stereocenters. The molecule has 108 valence electrons. The number of rotatable bonds is 0. The summed E-state index contributed by atoms with van der Waals surface area (Å²) in [6.07, 6.45) is -3.41. The van der Waals surface area contributed by atoms with Crippen molar-refractivity contribution in [1.29, 1.82) is 0 Å². The van der Waals surface area contributed by atoms with Crippen LogP contribution in [0.15, 0.2) is 12.3 Å². The summed E-state index contributed by atoms with van der Waals surface area (Å²) in [5, 5.41) is 7.90. The van der Waals surface area contributed by atoms with Crippen molar-refractivity contribution in [3.8, 4) is 0 Å². The first-order chi connectivity index (χ1) is 9.12. The number of nitrogens with zero attached hydrogens (tertiary/aromatic N) is 3. The third-order valence-corrected chi connectivity index (χ3v) is 2.09. The van der Waals surface area contributed by atoms with Crippen molar-refractivity contribution >= 4 is 28.8 Å². The van der Waals surface area contributed by atoms with Crippen molar-refractivity contribution in [1.82, 2.24) is 15.0 Å². The van der Waals surface area contributed by atoms with Gasteiger partial charge in [-0.15, -0.1) is 0 Å². The van der Waals surface area contributed by atoms with Gasteiger partial charge < -0.3 is 16.6 Å². The molecule has 0 aliphatic carbocycles. The van der Waals surface area contributed by atoms with Crippen molar-refractivity contribution in [3.05, 3.63) is 17.8 Å². The van der Waals surface area contributed by atoms with Crippen LogP contribution in [0.25, 0.3) is 11.0 Å². The first-order valence-electron chi connectivity index (χ1n) is 5.07. The molecule has 5 N–H and O–H groups in total. The predicted molar refractivity (Wildman–Crippen MR) is 64.6 cm³/mol. The molecular weight excluding hydrogens is 279 g/mol. The fourth-order valence-electron chi connectivity index (χ4n) is 1.26. The van der Waals surface area contributed by atoms with Gasteiger partial charge in [0, 0.05) is 6.20 Å². The molecule has 2 aromatic rings. The van der Waals surface area contributed by atoms with E-state index in [1.54, 1.807) is 6.20 Å². The summed E-state index contributed by atoms with van der Waals surface area (Å²) in [4.78, 5) is 20.8. The molecule has 0 spiro atoms. The summed E-state index contributed by atoms with van der Waals surface area (Å²) in [6.45, 7) is 1.93. The molecule has 2 rings (SSSR count). The van der Waals surface area contributed by atoms with Crippen LogP contribution < -0.4 is 11.5 Å². The van der Waals surface area contributed by atoms with Gasteiger partial charge in [-0.05, 0) is 18.6 Å². The number of aromatic nitrogens is 3. The summed E-state index contributed by atoms with van der Waals surface area (Å²) in [5.41, 5.74) is 12.7. The predicted octanol–water partition coefficient (Wildman–Crippen LogP) is 1.13. The largest absolute Gasteiger partial charge is 0.490 e. The van der Waals surface area contributed by atoms with E-state index in [9.17, 15) is 13.2 Å². The van der Waals surface area contributed by atoms with Gasteiger partial charge in [0.15, 0.2) is 5.65 Å². The molecule has 0 amide bonds. The third kappa shape index (κ3) is 3.67. The number of carboxylic acid groups (broad SMARTS) is 1. The Morgan fingerprint density at radius 2 is 1.85 bits per heavy atom. The van der Waals surface area contributed by atoms with Crippen LogP contribution in [-0.4, -0.2) is 32.2 Å². The van der Waals surface area contributed by atoms with Crippen LogP contribution in [0.1, 0.15) is 5.56 Å². The minimum atomic E-state index is -5.08. The highest BCUT2D eigenvalue weighted by molar-refractivity contribution is 5.88. The van der Waals surface area contributed by atoms with Crippen LogP contribution in [0.3, 0.4) is 0 Å². The lowest BCUT2D eigenvalue weighted by molar-refractivity contribution is -0.192. The Kier molecular flexibility index (Phi) is 4.27. The van der Waals surface area contributed by atoms with Gasteiger partial charge in [0.05, 0.1) is 5.39 Å². The number of carbonyl (C=O) groups is 1. The molecule has 0 saturated heterocycles. The molecule has 0 saturated carbocycles. The fraction of sp³-hybridized carbons (Fsp3) is 0.200. The van der Waals surface area contributed by atoms with Gasteiger partial charge >= 0.3 is 12.1 Å². The van der Waals surface area contributed by atoms with Crippen LogP contribution in [0.4, 0.5) is 24.9 Å². The van der Waals surface area contributed by atoms with Gasteiger partial charge in [-0.1, -0.05) is 0 Å². The zero-order valence-electron chi connectivity index (χ0n) is 10.1. The first-order valence-corrected chi connectivity index (χ1v) is 5.07. The fourth-order valence-corrected chi connectivity index (χ4v) is 1.26. The number of aliphatic carboxylic acids is 1. The summed E-state index contributed by atoms with van der Waals surface area (Å²) >= 11 is 0. The van der Waals surface area contributed by atoms with E-state index in [1.165, 1.54) is 0 Å². The van der Waals surface area contributed by atoms with E-state index < -0.39 is 12.1 Å². The van der Waals surface area contributed by atoms with Gasteiger partial charge in [-0.2, -0.15) is 23.1 Å². The zero-order chi connectivity index (χ0) is 15.5. The molecule has 0 radical (unpaired) electrons. The molecule has 2 heterocycles. The van der Waals surface area contributed by atoms with Crippen molar-refractivity contribution in [2.24, 2.45) is 0 Å². The molecule has 0 aliphatic rings. The Bertz CT molecular complexity index is 645. The Hall–Kier alpha value is -2.65. The van der Waals surface area contributed by atoms with E-state index in [1.807, 2.05) is 13.0 Å². The smallest absolute Gasteiger partial charge is 0.475 e. The molecule has 10 heteroatoms. The number of anilines is 2. The number of nitrogens with two attached hydrogens (primary N) is 2. The van der Waals surface area contributed by atoms with E-state index in [4.69, 9.17) is 21.4 Å². The van der Waals surface area contributed by atoms with Crippen LogP contribution in [-0.2, 0) is 4.79 Å². The molecule has 2 aromatic heterocycles. The van der Waals surface area contributed by atoms with Crippen LogP contribution in [0.5, 0.6) is 0 Å². The quantitative estimate of drug-likeness (QED) is 0.663. The minimum absolute atomic E-state index is 0.156. The number of carboxylic acids is 1. The van der Waals surface area contributed by atoms with E-state index in [0.29, 0.717) is 11.5 Å². The number of fused-ring (bicyclic) bond motifs is 1. The summed E-state index contributed by atoms with van der Waals surface area (Å²) in [7, 11) is 0. The van der Waals surface area contributed by atoms with E-state index in [0.717, 1.165) is 10.9 Å². The monoisotopic (exact) mass is 289 g/mol. The standard InChI is InChI=1S/C8H9N5.C2HF3O2/c1-4-2-3-11-7-5(4)6(9)12-8(10)13-7;3-2(4,5)1(6)7/h2-3H,1H3,(H4,9,10,11,12,13);(H,6,7). The summed E-state index contributed by atoms with van der Waals surface area (Å²) < 4.78 is 31.7. The van der Waals surface area contributed by atoms with Crippen LogP contribution in [0.2, 0.25) is 0 Å². The SMILES string of the molecule is Cc1ccnc2nc(N)nc(N)c12.O=C(O)C(F)(F)F. The highest BCUT2D eigenvalue weighted by atomic mass is 19.4. The molecule has 0 unspecified atom stereocenters. The highest BCUT2D eigenvalue weighted by Crippen LogP contribution is 2.19. The normalized spacial score (nSPS) is 10.8. The number of pyridine rings is 1. The maximum absolute atomic E-state index is 10.6. The van der Waals surface area contributed by atoms with E-state index >= 15 is 0 Å². The maximum Gasteiger partial charge on any atom is 0.490 e. The van der Waals surface area contributed by atoms with E-state index in [2.05, 4.69) is 15.0 Å². The minimum Gasteiger partial charge on any atom is -0.475 e. The van der Waals surface area contributed by atoms with Crippen molar-refractivity contribution in [2.75, 3.05) is 11.5 Å². The second kappa shape index (κ2) is 5.55. The number of hydrogen-bond acceptors (Lipinski definition) is 6. The zero-order valence-corrected chi connectivity index (χ0v) is 10.1. The van der Waals surface area contributed by atoms with Crippen molar-refractivity contribution in [3.63, 3.8) is 0 Å². The Morgan fingerprint density at radius 3 is 2.35 bits per heavy atom. The van der Waals surface area contributed by atoms with Crippen molar-refractivity contribution in [2.45, 2.75) is 13.1 Å². The molecule has 0 aliphatic heterocycles. The van der Waals surface area contributed by atoms with Crippen molar-refractivity contribution < 1.29 is 23.1 Å². The van der Waals surface area contributed by atoms with Crippen LogP contribution >= 0.6 is 0 Å². The molecular formula is C10H10F3N5O2. The molecule has 0 bridgehead atoms. The number of aryl methyl sites for hydroxylation is 1. The van der Waals surface area contributed by atoms with Gasteiger partial charge in [0.2, 0.25) is 5.95 Å². The summed E-state index contributed by atoms with van der Waals surface area (Å²) in [6, 6.07) is 1.86. The van der Waals surface area contributed by atoms with Gasteiger partial charge in [0.1, 0.15) is 5.82 Å². The lowest BCUT2D eigenvalue weighted by Gasteiger charge is -2.03. The Morgan fingerprint density at radius 1 is 1.30 bits per heavy atom. The van der Waals surface area contributed by atoms with E-state index in [-0.39, 0.29) is 5.95 Å². The molecule has 20 heavy (non-hydrogen) atoms. The molecule has 0 fully saturated rings. The number of halogens is 3. The average Bonchev–Trinajstić information content (AvgIpc) is 2.27. The number of alkyl halides is 3. The second-order valence-electron chi connectivity index (χ2n) is 3.60. The van der Waals surface area contributed by atoms with Gasteiger partial charge in [0.25, 0.3) is 0 Å². The third-order valence-electron chi connectivity index (χ3n) is 2.09. The Balaban J connectivity index is 0.000000246. The van der Waals surface area contributed by atoms with Crippen LogP contribution in [0, 0.1) is 6.92 Å². The first kappa shape index (κ1) is 15.4.